The first-order chi connectivity index (χ1) is 9.29. The molecule has 1 aliphatic heterocycles. The molecule has 0 saturated carbocycles. The van der Waals surface area contributed by atoms with Gasteiger partial charge in [0.25, 0.3) is 0 Å². The molecule has 2 amide bonds. The minimum Gasteiger partial charge on any atom is -0.378 e. The van der Waals surface area contributed by atoms with Crippen molar-refractivity contribution in [2.45, 2.75) is 45.7 Å². The van der Waals surface area contributed by atoms with Crippen molar-refractivity contribution in [2.24, 2.45) is 11.7 Å². The van der Waals surface area contributed by atoms with Gasteiger partial charge < -0.3 is 20.7 Å². The van der Waals surface area contributed by atoms with Gasteiger partial charge >= 0.3 is 0 Å². The smallest absolute Gasteiger partial charge is 0.247 e. The lowest BCUT2D eigenvalue weighted by molar-refractivity contribution is -0.144. The van der Waals surface area contributed by atoms with Crippen LogP contribution in [0.5, 0.6) is 0 Å². The van der Waals surface area contributed by atoms with Gasteiger partial charge in [0.1, 0.15) is 5.54 Å². The third-order valence-corrected chi connectivity index (χ3v) is 3.83. The van der Waals surface area contributed by atoms with E-state index in [0.29, 0.717) is 26.3 Å². The maximum Gasteiger partial charge on any atom is 0.247 e. The summed E-state index contributed by atoms with van der Waals surface area (Å²) < 4.78 is 5.23. The van der Waals surface area contributed by atoms with Crippen molar-refractivity contribution in [3.05, 3.63) is 0 Å². The van der Waals surface area contributed by atoms with Crippen LogP contribution in [0, 0.1) is 5.92 Å². The number of rotatable bonds is 5. The Balaban J connectivity index is 2.63. The molecule has 0 aromatic carbocycles. The molecule has 1 aliphatic rings. The summed E-state index contributed by atoms with van der Waals surface area (Å²) >= 11 is 0. The molecule has 20 heavy (non-hydrogen) atoms. The second kappa shape index (κ2) is 7.04. The average Bonchev–Trinajstić information content (AvgIpc) is 2.45. The molecular weight excluding hydrogens is 258 g/mol. The number of nitrogens with two attached hydrogens (primary N) is 1. The Kier molecular flexibility index (Phi) is 5.95. The van der Waals surface area contributed by atoms with Gasteiger partial charge in [-0.25, -0.2) is 0 Å². The van der Waals surface area contributed by atoms with E-state index in [4.69, 9.17) is 10.5 Å². The first-order valence-electron chi connectivity index (χ1n) is 7.24. The van der Waals surface area contributed by atoms with Gasteiger partial charge in [0, 0.05) is 13.1 Å². The van der Waals surface area contributed by atoms with E-state index in [1.54, 1.807) is 18.7 Å². The number of carbonyl (C=O) groups excluding carboxylic acids is 2. The van der Waals surface area contributed by atoms with Crippen LogP contribution in [-0.2, 0) is 14.3 Å². The van der Waals surface area contributed by atoms with E-state index < -0.39 is 11.6 Å². The van der Waals surface area contributed by atoms with Crippen LogP contribution in [0.15, 0.2) is 0 Å². The van der Waals surface area contributed by atoms with Crippen molar-refractivity contribution in [3.8, 4) is 0 Å². The highest BCUT2D eigenvalue weighted by molar-refractivity contribution is 5.92. The Morgan fingerprint density at radius 2 is 1.90 bits per heavy atom. The zero-order valence-electron chi connectivity index (χ0n) is 12.9. The predicted octanol–water partition coefficient (Wildman–Crippen LogP) is 0.113. The van der Waals surface area contributed by atoms with Gasteiger partial charge in [0.2, 0.25) is 11.8 Å². The molecule has 116 valence electrons. The van der Waals surface area contributed by atoms with Crippen LogP contribution in [0.2, 0.25) is 0 Å². The third-order valence-electron chi connectivity index (χ3n) is 3.83. The van der Waals surface area contributed by atoms with Crippen LogP contribution in [-0.4, -0.2) is 54.6 Å². The maximum absolute atomic E-state index is 12.4. The van der Waals surface area contributed by atoms with Gasteiger partial charge in [-0.2, -0.15) is 0 Å². The molecule has 1 saturated heterocycles. The summed E-state index contributed by atoms with van der Waals surface area (Å²) in [5.41, 5.74) is 4.96. The standard InChI is InChI=1S/C14H27N3O3/c1-5-10(2)11(15)12(18)16-14(3,4)13(19)17-6-8-20-9-7-17/h10-11H,5-9,15H2,1-4H3,(H,16,18). The summed E-state index contributed by atoms with van der Waals surface area (Å²) in [6, 6.07) is -0.586. The molecule has 0 aromatic heterocycles. The zero-order valence-corrected chi connectivity index (χ0v) is 12.9. The summed E-state index contributed by atoms with van der Waals surface area (Å²) in [5, 5.41) is 2.77. The Labute approximate surface area is 121 Å². The normalized spacial score (nSPS) is 19.4. The van der Waals surface area contributed by atoms with E-state index in [-0.39, 0.29) is 17.7 Å². The van der Waals surface area contributed by atoms with E-state index in [2.05, 4.69) is 5.32 Å². The fourth-order valence-corrected chi connectivity index (χ4v) is 2.12. The summed E-state index contributed by atoms with van der Waals surface area (Å²) in [6.45, 7) is 9.57. The molecule has 0 aliphatic carbocycles. The van der Waals surface area contributed by atoms with Gasteiger partial charge in [0.15, 0.2) is 0 Å². The van der Waals surface area contributed by atoms with Crippen LogP contribution in [0.3, 0.4) is 0 Å². The summed E-state index contributed by atoms with van der Waals surface area (Å²) in [4.78, 5) is 26.3. The van der Waals surface area contributed by atoms with E-state index >= 15 is 0 Å². The van der Waals surface area contributed by atoms with Gasteiger partial charge in [-0.3, -0.25) is 9.59 Å². The molecule has 2 unspecified atom stereocenters. The largest absolute Gasteiger partial charge is 0.378 e. The quantitative estimate of drug-likeness (QED) is 0.751. The molecular formula is C14H27N3O3. The molecule has 1 rings (SSSR count). The van der Waals surface area contributed by atoms with Gasteiger partial charge in [-0.05, 0) is 19.8 Å². The number of nitrogens with zero attached hydrogens (tertiary/aromatic N) is 1. The number of amides is 2. The van der Waals surface area contributed by atoms with Gasteiger partial charge in [0.05, 0.1) is 19.3 Å². The highest BCUT2D eigenvalue weighted by Gasteiger charge is 2.35. The lowest BCUT2D eigenvalue weighted by Crippen LogP contribution is -2.60. The number of morpholine rings is 1. The van der Waals surface area contributed by atoms with Crippen LogP contribution >= 0.6 is 0 Å². The Hall–Kier alpha value is -1.14. The third kappa shape index (κ3) is 4.18. The van der Waals surface area contributed by atoms with Gasteiger partial charge in [-0.15, -0.1) is 0 Å². The maximum atomic E-state index is 12.4. The zero-order chi connectivity index (χ0) is 15.3. The number of ether oxygens (including phenoxy) is 1. The summed E-state index contributed by atoms with van der Waals surface area (Å²) in [5.74, 6) is -0.277. The Bertz CT molecular complexity index is 352. The van der Waals surface area contributed by atoms with E-state index in [9.17, 15) is 9.59 Å². The minimum atomic E-state index is -0.945. The first kappa shape index (κ1) is 16.9. The molecule has 0 spiro atoms. The number of hydrogen-bond donors (Lipinski definition) is 2. The fraction of sp³-hybridized carbons (Fsp3) is 0.857. The molecule has 0 aromatic rings. The molecule has 1 heterocycles. The van der Waals surface area contributed by atoms with E-state index in [0.717, 1.165) is 6.42 Å². The van der Waals surface area contributed by atoms with Crippen LogP contribution < -0.4 is 11.1 Å². The van der Waals surface area contributed by atoms with Crippen molar-refractivity contribution >= 4 is 11.8 Å². The van der Waals surface area contributed by atoms with Crippen molar-refractivity contribution in [1.29, 1.82) is 0 Å². The lowest BCUT2D eigenvalue weighted by Gasteiger charge is -2.35. The molecule has 1 fully saturated rings. The number of carbonyl (C=O) groups is 2. The van der Waals surface area contributed by atoms with Crippen molar-refractivity contribution < 1.29 is 14.3 Å². The highest BCUT2D eigenvalue weighted by atomic mass is 16.5. The SMILES string of the molecule is CCC(C)C(N)C(=O)NC(C)(C)C(=O)N1CCOCC1. The number of nitrogens with one attached hydrogen (secondary N) is 1. The Morgan fingerprint density at radius 3 is 2.40 bits per heavy atom. The van der Waals surface area contributed by atoms with Crippen molar-refractivity contribution in [3.63, 3.8) is 0 Å². The van der Waals surface area contributed by atoms with E-state index in [1.165, 1.54) is 0 Å². The topological polar surface area (TPSA) is 84.7 Å². The second-order valence-electron chi connectivity index (χ2n) is 5.93. The number of hydrogen-bond acceptors (Lipinski definition) is 4. The van der Waals surface area contributed by atoms with E-state index in [1.807, 2.05) is 13.8 Å². The molecule has 0 bridgehead atoms. The fourth-order valence-electron chi connectivity index (χ4n) is 2.12. The van der Waals surface area contributed by atoms with Gasteiger partial charge in [-0.1, -0.05) is 20.3 Å². The average molecular weight is 285 g/mol. The molecule has 6 nitrogen and oxygen atoms in total. The summed E-state index contributed by atoms with van der Waals surface area (Å²) in [6.07, 6.45) is 0.826. The van der Waals surface area contributed by atoms with Crippen LogP contribution in [0.25, 0.3) is 0 Å². The highest BCUT2D eigenvalue weighted by Crippen LogP contribution is 2.12. The van der Waals surface area contributed by atoms with Crippen LogP contribution in [0.1, 0.15) is 34.1 Å². The molecule has 3 N–H and O–H groups in total. The van der Waals surface area contributed by atoms with Crippen molar-refractivity contribution in [1.82, 2.24) is 10.2 Å². The first-order valence-corrected chi connectivity index (χ1v) is 7.24. The summed E-state index contributed by atoms with van der Waals surface area (Å²) in [7, 11) is 0. The minimum absolute atomic E-state index is 0.0873. The lowest BCUT2D eigenvalue weighted by atomic mass is 9.96. The monoisotopic (exact) mass is 285 g/mol. The second-order valence-corrected chi connectivity index (χ2v) is 5.93. The van der Waals surface area contributed by atoms with Crippen molar-refractivity contribution in [2.75, 3.05) is 26.3 Å². The van der Waals surface area contributed by atoms with Crippen LogP contribution in [0.4, 0.5) is 0 Å². The molecule has 2 atom stereocenters. The predicted molar refractivity (Wildman–Crippen MR) is 77.1 cm³/mol. The molecule has 0 radical (unpaired) electrons. The Morgan fingerprint density at radius 1 is 1.35 bits per heavy atom. The molecule has 6 heteroatoms.